The molecule has 1 unspecified atom stereocenters. The fraction of sp³-hybridized carbons (Fsp3) is 0.870. The molecular weight excluding hydrogens is 925 g/mol. The molecule has 0 radical (unpaired) electrons. The van der Waals surface area contributed by atoms with E-state index in [0.29, 0.717) is 19.3 Å². The zero-order chi connectivity index (χ0) is 54.3. The lowest BCUT2D eigenvalue weighted by Crippen LogP contribution is -2.30. The van der Waals surface area contributed by atoms with Gasteiger partial charge in [-0.1, -0.05) is 327 Å². The fourth-order valence-corrected chi connectivity index (χ4v) is 10.1. The third-order valence-corrected chi connectivity index (χ3v) is 15.1. The van der Waals surface area contributed by atoms with E-state index in [-0.39, 0.29) is 31.1 Å². The van der Waals surface area contributed by atoms with Gasteiger partial charge in [0.25, 0.3) is 0 Å². The van der Waals surface area contributed by atoms with Gasteiger partial charge in [-0.2, -0.15) is 0 Å². The Bertz CT molecular complexity index is 1250. The van der Waals surface area contributed by atoms with Crippen molar-refractivity contribution in [2.24, 2.45) is 0 Å². The summed E-state index contributed by atoms with van der Waals surface area (Å²) in [6, 6.07) is 0. The van der Waals surface area contributed by atoms with Gasteiger partial charge in [-0.25, -0.2) is 0 Å². The van der Waals surface area contributed by atoms with Crippen molar-refractivity contribution in [3.63, 3.8) is 0 Å². The van der Waals surface area contributed by atoms with E-state index >= 15 is 0 Å². The van der Waals surface area contributed by atoms with Gasteiger partial charge in [0, 0.05) is 19.3 Å². The summed E-state index contributed by atoms with van der Waals surface area (Å²) in [5, 5.41) is 0. The van der Waals surface area contributed by atoms with Crippen molar-refractivity contribution in [1.29, 1.82) is 0 Å². The molecule has 0 aliphatic rings. The Morgan fingerprint density at radius 1 is 0.267 bits per heavy atom. The minimum absolute atomic E-state index is 0.0659. The van der Waals surface area contributed by atoms with Gasteiger partial charge < -0.3 is 14.2 Å². The number of rotatable bonds is 62. The number of ether oxygens (including phenoxy) is 3. The number of carbonyl (C=O) groups is 3. The van der Waals surface area contributed by atoms with Crippen molar-refractivity contribution in [3.05, 3.63) is 36.5 Å². The molecule has 0 spiro atoms. The lowest BCUT2D eigenvalue weighted by atomic mass is 10.0. The van der Waals surface area contributed by atoms with Crippen LogP contribution in [-0.4, -0.2) is 37.2 Å². The Kier molecular flexibility index (Phi) is 62.1. The van der Waals surface area contributed by atoms with E-state index in [1.165, 1.54) is 257 Å². The highest BCUT2D eigenvalue weighted by Crippen LogP contribution is 2.18. The Morgan fingerprint density at radius 2 is 0.480 bits per heavy atom. The molecule has 0 heterocycles. The van der Waals surface area contributed by atoms with Gasteiger partial charge in [-0.3, -0.25) is 14.4 Å². The molecule has 0 fully saturated rings. The van der Waals surface area contributed by atoms with E-state index in [2.05, 4.69) is 57.2 Å². The van der Waals surface area contributed by atoms with Crippen molar-refractivity contribution in [2.45, 2.75) is 374 Å². The molecule has 0 aliphatic heterocycles. The van der Waals surface area contributed by atoms with E-state index in [0.717, 1.165) is 70.6 Å². The first-order chi connectivity index (χ1) is 37.0. The minimum Gasteiger partial charge on any atom is -0.462 e. The van der Waals surface area contributed by atoms with Gasteiger partial charge >= 0.3 is 17.9 Å². The first kappa shape index (κ1) is 72.6. The highest BCUT2D eigenvalue weighted by atomic mass is 16.6. The minimum atomic E-state index is -0.764. The predicted octanol–water partition coefficient (Wildman–Crippen LogP) is 22.8. The molecule has 75 heavy (non-hydrogen) atoms. The normalized spacial score (nSPS) is 12.2. The second-order valence-corrected chi connectivity index (χ2v) is 22.7. The highest BCUT2D eigenvalue weighted by Gasteiger charge is 2.19. The second-order valence-electron chi connectivity index (χ2n) is 22.7. The van der Waals surface area contributed by atoms with Crippen LogP contribution in [0.3, 0.4) is 0 Å². The Balaban J connectivity index is 3.94. The van der Waals surface area contributed by atoms with Gasteiger partial charge in [-0.05, 0) is 57.8 Å². The largest absolute Gasteiger partial charge is 0.462 e. The van der Waals surface area contributed by atoms with Crippen LogP contribution in [-0.2, 0) is 28.6 Å². The molecule has 0 aromatic rings. The summed E-state index contributed by atoms with van der Waals surface area (Å²) in [5.41, 5.74) is 0. The summed E-state index contributed by atoms with van der Waals surface area (Å²) in [4.78, 5) is 38.0. The molecule has 0 saturated carbocycles. The van der Waals surface area contributed by atoms with Crippen molar-refractivity contribution < 1.29 is 28.6 Å². The molecule has 0 saturated heterocycles. The van der Waals surface area contributed by atoms with E-state index in [1.807, 2.05) is 0 Å². The Labute approximate surface area is 467 Å². The third kappa shape index (κ3) is 62.4. The summed E-state index contributed by atoms with van der Waals surface area (Å²) in [7, 11) is 0. The predicted molar refractivity (Wildman–Crippen MR) is 326 cm³/mol. The van der Waals surface area contributed by atoms with Crippen LogP contribution in [0.25, 0.3) is 0 Å². The van der Waals surface area contributed by atoms with Crippen LogP contribution in [0.5, 0.6) is 0 Å². The number of hydrogen-bond acceptors (Lipinski definition) is 6. The van der Waals surface area contributed by atoms with Crippen molar-refractivity contribution in [2.75, 3.05) is 13.2 Å². The van der Waals surface area contributed by atoms with Gasteiger partial charge in [-0.15, -0.1) is 0 Å². The van der Waals surface area contributed by atoms with E-state index in [9.17, 15) is 14.4 Å². The fourth-order valence-electron chi connectivity index (χ4n) is 10.1. The molecule has 440 valence electrons. The second kappa shape index (κ2) is 64.2. The van der Waals surface area contributed by atoms with Crippen molar-refractivity contribution in [1.82, 2.24) is 0 Å². The molecule has 1 atom stereocenters. The quantitative estimate of drug-likeness (QED) is 0.0261. The molecule has 6 nitrogen and oxygen atoms in total. The van der Waals surface area contributed by atoms with E-state index in [1.54, 1.807) is 0 Å². The lowest BCUT2D eigenvalue weighted by molar-refractivity contribution is -0.167. The molecule has 0 aliphatic carbocycles. The molecular formula is C69H128O6. The number of allylic oxidation sites excluding steroid dienone is 6. The summed E-state index contributed by atoms with van der Waals surface area (Å²) in [6.07, 6.45) is 79.2. The zero-order valence-electron chi connectivity index (χ0n) is 50.6. The van der Waals surface area contributed by atoms with Crippen LogP contribution >= 0.6 is 0 Å². The summed E-state index contributed by atoms with van der Waals surface area (Å²) in [5.74, 6) is -0.851. The molecule has 0 aromatic carbocycles. The average Bonchev–Trinajstić information content (AvgIpc) is 3.41. The maximum Gasteiger partial charge on any atom is 0.306 e. The maximum atomic E-state index is 12.8. The number of esters is 3. The molecule has 0 amide bonds. The molecule has 6 heteroatoms. The summed E-state index contributed by atoms with van der Waals surface area (Å²) < 4.78 is 16.8. The summed E-state index contributed by atoms with van der Waals surface area (Å²) >= 11 is 0. The molecule has 0 aromatic heterocycles. The third-order valence-electron chi connectivity index (χ3n) is 15.1. The zero-order valence-corrected chi connectivity index (χ0v) is 50.6. The van der Waals surface area contributed by atoms with Crippen LogP contribution in [0.1, 0.15) is 367 Å². The number of carbonyl (C=O) groups excluding carboxylic acids is 3. The van der Waals surface area contributed by atoms with Gasteiger partial charge in [0.2, 0.25) is 0 Å². The van der Waals surface area contributed by atoms with Crippen LogP contribution in [0.15, 0.2) is 36.5 Å². The van der Waals surface area contributed by atoms with Crippen LogP contribution in [0, 0.1) is 0 Å². The number of unbranched alkanes of at least 4 members (excludes halogenated alkanes) is 45. The first-order valence-corrected chi connectivity index (χ1v) is 33.5. The summed E-state index contributed by atoms with van der Waals surface area (Å²) in [6.45, 7) is 6.63. The molecule has 0 N–H and O–H groups in total. The lowest BCUT2D eigenvalue weighted by Gasteiger charge is -2.18. The van der Waals surface area contributed by atoms with Crippen LogP contribution in [0.2, 0.25) is 0 Å². The van der Waals surface area contributed by atoms with Crippen molar-refractivity contribution >= 4 is 17.9 Å². The van der Waals surface area contributed by atoms with Gasteiger partial charge in [0.1, 0.15) is 13.2 Å². The maximum absolute atomic E-state index is 12.8. The average molecular weight is 1050 g/mol. The monoisotopic (exact) mass is 1050 g/mol. The van der Waals surface area contributed by atoms with Crippen LogP contribution in [0.4, 0.5) is 0 Å². The first-order valence-electron chi connectivity index (χ1n) is 33.5. The SMILES string of the molecule is CCCCCCC/C=C\C/C=C\C/C=C\CCCCCCCCCCCCCCCCCCCCC(=O)OCC(COC(=O)CCCCCCCC)OC(=O)CCCCCCCCCCCCCCCCCCCC. The highest BCUT2D eigenvalue weighted by molar-refractivity contribution is 5.71. The van der Waals surface area contributed by atoms with Crippen molar-refractivity contribution in [3.8, 4) is 0 Å². The Hall–Kier alpha value is -2.37. The topological polar surface area (TPSA) is 78.9 Å². The number of hydrogen-bond donors (Lipinski definition) is 0. The molecule has 0 bridgehead atoms. The van der Waals surface area contributed by atoms with Crippen LogP contribution < -0.4 is 0 Å². The van der Waals surface area contributed by atoms with Gasteiger partial charge in [0.05, 0.1) is 0 Å². The Morgan fingerprint density at radius 3 is 0.747 bits per heavy atom. The standard InChI is InChI=1S/C69H128O6/c1-4-7-10-13-16-18-20-22-24-26-28-29-30-31-32-33-34-35-36-37-38-39-40-41-42-44-45-47-49-51-53-56-59-62-68(71)74-65-66(64-73-67(70)61-58-55-15-12-9-6-3)75-69(72)63-60-57-54-52-50-48-46-43-27-25-23-21-19-17-14-11-8-5-2/h20,22,26,28,30-31,66H,4-19,21,23-25,27,29,32-65H2,1-3H3/b22-20-,28-26-,31-30-. The van der Waals surface area contributed by atoms with E-state index in [4.69, 9.17) is 14.2 Å². The molecule has 0 rings (SSSR count). The smallest absolute Gasteiger partial charge is 0.306 e. The van der Waals surface area contributed by atoms with E-state index < -0.39 is 6.10 Å². The van der Waals surface area contributed by atoms with Gasteiger partial charge in [0.15, 0.2) is 6.10 Å².